The van der Waals surface area contributed by atoms with Crippen molar-refractivity contribution in [3.63, 3.8) is 0 Å². The number of benzene rings is 2. The van der Waals surface area contributed by atoms with Gasteiger partial charge in [-0.25, -0.2) is 0 Å². The van der Waals surface area contributed by atoms with Crippen molar-refractivity contribution in [3.05, 3.63) is 71.9 Å². The Morgan fingerprint density at radius 1 is 1.10 bits per heavy atom. The molecule has 4 heteroatoms. The SMILES string of the molecule is O=C(NCc1cnc2ccccc2c1)c1cccc(O)c1. The van der Waals surface area contributed by atoms with Crippen LogP contribution in [-0.4, -0.2) is 16.0 Å². The monoisotopic (exact) mass is 278 g/mol. The van der Waals surface area contributed by atoms with Gasteiger partial charge in [-0.2, -0.15) is 0 Å². The molecular weight excluding hydrogens is 264 g/mol. The van der Waals surface area contributed by atoms with Gasteiger partial charge in [-0.3, -0.25) is 9.78 Å². The molecule has 4 nitrogen and oxygen atoms in total. The predicted octanol–water partition coefficient (Wildman–Crippen LogP) is 2.87. The van der Waals surface area contributed by atoms with E-state index in [9.17, 15) is 9.90 Å². The Morgan fingerprint density at radius 2 is 1.95 bits per heavy atom. The first-order valence-corrected chi connectivity index (χ1v) is 6.63. The molecule has 3 aromatic rings. The van der Waals surface area contributed by atoms with Crippen LogP contribution in [0.5, 0.6) is 5.75 Å². The second-order valence-electron chi connectivity index (χ2n) is 4.77. The molecule has 21 heavy (non-hydrogen) atoms. The topological polar surface area (TPSA) is 62.2 Å². The Hall–Kier alpha value is -2.88. The van der Waals surface area contributed by atoms with Gasteiger partial charge in [0.1, 0.15) is 5.75 Å². The van der Waals surface area contributed by atoms with Crippen molar-refractivity contribution in [1.82, 2.24) is 10.3 Å². The summed E-state index contributed by atoms with van der Waals surface area (Å²) >= 11 is 0. The van der Waals surface area contributed by atoms with Gasteiger partial charge < -0.3 is 10.4 Å². The highest BCUT2D eigenvalue weighted by molar-refractivity contribution is 5.94. The van der Waals surface area contributed by atoms with Crippen LogP contribution in [0, 0.1) is 0 Å². The molecule has 0 aliphatic carbocycles. The summed E-state index contributed by atoms with van der Waals surface area (Å²) in [6.07, 6.45) is 1.76. The van der Waals surface area contributed by atoms with Crippen molar-refractivity contribution in [2.75, 3.05) is 0 Å². The van der Waals surface area contributed by atoms with Gasteiger partial charge in [0, 0.05) is 23.7 Å². The van der Waals surface area contributed by atoms with E-state index < -0.39 is 0 Å². The molecule has 0 aliphatic rings. The van der Waals surface area contributed by atoms with Gasteiger partial charge in [0.25, 0.3) is 5.91 Å². The lowest BCUT2D eigenvalue weighted by Crippen LogP contribution is -2.22. The molecule has 0 bridgehead atoms. The van der Waals surface area contributed by atoms with Crippen molar-refractivity contribution in [3.8, 4) is 5.75 Å². The zero-order valence-electron chi connectivity index (χ0n) is 11.3. The summed E-state index contributed by atoms with van der Waals surface area (Å²) in [6, 6.07) is 16.1. The minimum atomic E-state index is -0.223. The summed E-state index contributed by atoms with van der Waals surface area (Å²) < 4.78 is 0. The molecule has 2 N–H and O–H groups in total. The van der Waals surface area contributed by atoms with Crippen molar-refractivity contribution < 1.29 is 9.90 Å². The number of hydrogen-bond acceptors (Lipinski definition) is 3. The fourth-order valence-corrected chi connectivity index (χ4v) is 2.14. The molecule has 0 radical (unpaired) electrons. The van der Waals surface area contributed by atoms with Crippen LogP contribution in [0.4, 0.5) is 0 Å². The van der Waals surface area contributed by atoms with Crippen LogP contribution in [0.2, 0.25) is 0 Å². The minimum absolute atomic E-state index is 0.0787. The molecule has 104 valence electrons. The van der Waals surface area contributed by atoms with Crippen molar-refractivity contribution in [2.24, 2.45) is 0 Å². The lowest BCUT2D eigenvalue weighted by Gasteiger charge is -2.06. The third kappa shape index (κ3) is 3.00. The lowest BCUT2D eigenvalue weighted by atomic mass is 10.1. The summed E-state index contributed by atoms with van der Waals surface area (Å²) in [5.74, 6) is -0.144. The van der Waals surface area contributed by atoms with Gasteiger partial charge in [0.2, 0.25) is 0 Å². The van der Waals surface area contributed by atoms with Crippen LogP contribution >= 0.6 is 0 Å². The maximum Gasteiger partial charge on any atom is 0.251 e. The number of carbonyl (C=O) groups is 1. The van der Waals surface area contributed by atoms with E-state index in [1.54, 1.807) is 18.3 Å². The average Bonchev–Trinajstić information content (AvgIpc) is 2.52. The molecule has 0 unspecified atom stereocenters. The van der Waals surface area contributed by atoms with E-state index in [2.05, 4.69) is 10.3 Å². The van der Waals surface area contributed by atoms with Crippen molar-refractivity contribution >= 4 is 16.8 Å². The Balaban J connectivity index is 1.72. The second-order valence-corrected chi connectivity index (χ2v) is 4.77. The normalized spacial score (nSPS) is 10.5. The number of phenols is 1. The molecule has 3 rings (SSSR count). The number of aromatic hydroxyl groups is 1. The summed E-state index contributed by atoms with van der Waals surface area (Å²) in [4.78, 5) is 16.3. The van der Waals surface area contributed by atoms with E-state index in [0.29, 0.717) is 12.1 Å². The van der Waals surface area contributed by atoms with Crippen LogP contribution < -0.4 is 5.32 Å². The first-order chi connectivity index (χ1) is 10.2. The number of hydrogen-bond donors (Lipinski definition) is 2. The molecule has 1 heterocycles. The van der Waals surface area contributed by atoms with Gasteiger partial charge in [-0.15, -0.1) is 0 Å². The van der Waals surface area contributed by atoms with Crippen LogP contribution in [0.25, 0.3) is 10.9 Å². The van der Waals surface area contributed by atoms with E-state index in [4.69, 9.17) is 0 Å². The number of nitrogens with one attached hydrogen (secondary N) is 1. The van der Waals surface area contributed by atoms with Crippen LogP contribution in [-0.2, 0) is 6.54 Å². The summed E-state index contributed by atoms with van der Waals surface area (Å²) in [6.45, 7) is 0.395. The fourth-order valence-electron chi connectivity index (χ4n) is 2.14. The molecule has 0 saturated heterocycles. The van der Waals surface area contributed by atoms with Gasteiger partial charge in [0.15, 0.2) is 0 Å². The van der Waals surface area contributed by atoms with E-state index in [0.717, 1.165) is 16.5 Å². The van der Waals surface area contributed by atoms with E-state index in [-0.39, 0.29) is 11.7 Å². The number of rotatable bonds is 3. The highest BCUT2D eigenvalue weighted by Crippen LogP contribution is 2.13. The zero-order valence-corrected chi connectivity index (χ0v) is 11.3. The molecule has 0 spiro atoms. The Bertz CT molecular complexity index is 799. The Kier molecular flexibility index (Phi) is 3.51. The highest BCUT2D eigenvalue weighted by atomic mass is 16.3. The number of pyridine rings is 1. The zero-order chi connectivity index (χ0) is 14.7. The molecule has 0 atom stereocenters. The fraction of sp³-hybridized carbons (Fsp3) is 0.0588. The van der Waals surface area contributed by atoms with Crippen LogP contribution in [0.1, 0.15) is 15.9 Å². The summed E-state index contributed by atoms with van der Waals surface area (Å²) in [5, 5.41) is 13.2. The molecule has 2 aromatic carbocycles. The number of carbonyl (C=O) groups excluding carboxylic acids is 1. The number of nitrogens with zero attached hydrogens (tertiary/aromatic N) is 1. The number of phenolic OH excluding ortho intramolecular Hbond substituents is 1. The van der Waals surface area contributed by atoms with Gasteiger partial charge in [-0.1, -0.05) is 24.3 Å². The number of fused-ring (bicyclic) bond motifs is 1. The first-order valence-electron chi connectivity index (χ1n) is 6.63. The Labute approximate surface area is 122 Å². The maximum absolute atomic E-state index is 12.0. The van der Waals surface area contributed by atoms with Gasteiger partial charge >= 0.3 is 0 Å². The number of aromatic nitrogens is 1. The van der Waals surface area contributed by atoms with Crippen LogP contribution in [0.3, 0.4) is 0 Å². The smallest absolute Gasteiger partial charge is 0.251 e. The van der Waals surface area contributed by atoms with Crippen molar-refractivity contribution in [2.45, 2.75) is 6.54 Å². The van der Waals surface area contributed by atoms with Crippen molar-refractivity contribution in [1.29, 1.82) is 0 Å². The van der Waals surface area contributed by atoms with Crippen LogP contribution in [0.15, 0.2) is 60.8 Å². The first kappa shape index (κ1) is 13.1. The maximum atomic E-state index is 12.0. The summed E-state index contributed by atoms with van der Waals surface area (Å²) in [5.41, 5.74) is 2.30. The van der Waals surface area contributed by atoms with Gasteiger partial charge in [-0.05, 0) is 35.9 Å². The predicted molar refractivity (Wildman–Crippen MR) is 81.0 cm³/mol. The second kappa shape index (κ2) is 5.63. The molecule has 1 aromatic heterocycles. The third-order valence-corrected chi connectivity index (χ3v) is 3.21. The molecular formula is C17H14N2O2. The Morgan fingerprint density at radius 3 is 2.81 bits per heavy atom. The molecule has 0 fully saturated rings. The summed E-state index contributed by atoms with van der Waals surface area (Å²) in [7, 11) is 0. The molecule has 0 saturated carbocycles. The molecule has 1 amide bonds. The number of amides is 1. The quantitative estimate of drug-likeness (QED) is 0.774. The third-order valence-electron chi connectivity index (χ3n) is 3.21. The van der Waals surface area contributed by atoms with Gasteiger partial charge in [0.05, 0.1) is 5.52 Å². The molecule has 0 aliphatic heterocycles. The number of para-hydroxylation sites is 1. The lowest BCUT2D eigenvalue weighted by molar-refractivity contribution is 0.0950. The van der Waals surface area contributed by atoms with E-state index >= 15 is 0 Å². The average molecular weight is 278 g/mol. The largest absolute Gasteiger partial charge is 0.508 e. The standard InChI is InChI=1S/C17H14N2O2/c20-15-6-3-5-14(9-15)17(21)19-11-12-8-13-4-1-2-7-16(13)18-10-12/h1-10,20H,11H2,(H,19,21). The minimum Gasteiger partial charge on any atom is -0.508 e. The van der Waals surface area contributed by atoms with E-state index in [1.165, 1.54) is 12.1 Å². The highest BCUT2D eigenvalue weighted by Gasteiger charge is 2.06. The van der Waals surface area contributed by atoms with E-state index in [1.807, 2.05) is 30.3 Å².